The summed E-state index contributed by atoms with van der Waals surface area (Å²) in [6, 6.07) is 17.4. The van der Waals surface area contributed by atoms with E-state index >= 15 is 0 Å². The van der Waals surface area contributed by atoms with E-state index < -0.39 is 0 Å². The third-order valence-corrected chi connectivity index (χ3v) is 4.67. The molecule has 1 N–H and O–H groups in total. The van der Waals surface area contributed by atoms with Crippen molar-refractivity contribution in [2.75, 3.05) is 37.8 Å². The van der Waals surface area contributed by atoms with E-state index in [1.54, 1.807) is 28.8 Å². The van der Waals surface area contributed by atoms with Crippen molar-refractivity contribution < 1.29 is 14.3 Å². The Bertz CT molecular complexity index is 696. The summed E-state index contributed by atoms with van der Waals surface area (Å²) >= 11 is 1.71. The Morgan fingerprint density at radius 3 is 2.92 bits per heavy atom. The molecule has 2 aromatic rings. The average Bonchev–Trinajstić information content (AvgIpc) is 2.67. The molecule has 0 aromatic heterocycles. The highest BCUT2D eigenvalue weighted by atomic mass is 32.2. The Morgan fingerprint density at radius 1 is 1.28 bits per heavy atom. The monoisotopic (exact) mass is 358 g/mol. The second-order valence-corrected chi connectivity index (χ2v) is 6.61. The molecule has 5 nitrogen and oxygen atoms in total. The van der Waals surface area contributed by atoms with Gasteiger partial charge in [-0.15, -0.1) is 11.8 Å². The molecular formula is C19H22N2O3S. The third kappa shape index (κ3) is 5.14. The minimum absolute atomic E-state index is 0.0602. The molecule has 6 heteroatoms. The molecule has 1 atom stereocenters. The van der Waals surface area contributed by atoms with Crippen LogP contribution in [0.4, 0.5) is 10.5 Å². The summed E-state index contributed by atoms with van der Waals surface area (Å²) in [6.07, 6.45) is 1.67. The molecule has 132 valence electrons. The van der Waals surface area contributed by atoms with Crippen molar-refractivity contribution >= 4 is 23.5 Å². The van der Waals surface area contributed by atoms with Gasteiger partial charge in [-0.1, -0.05) is 24.3 Å². The molecule has 1 aliphatic rings. The van der Waals surface area contributed by atoms with Crippen molar-refractivity contribution in [2.24, 2.45) is 0 Å². The topological polar surface area (TPSA) is 50.8 Å². The van der Waals surface area contributed by atoms with Gasteiger partial charge in [0.25, 0.3) is 0 Å². The number of amides is 1. The number of carbonyl (C=O) groups is 1. The fourth-order valence-corrected chi connectivity index (χ4v) is 3.09. The maximum Gasteiger partial charge on any atom is 0.415 e. The van der Waals surface area contributed by atoms with Crippen molar-refractivity contribution in [3.8, 4) is 5.75 Å². The Kier molecular flexibility index (Phi) is 6.19. The summed E-state index contributed by atoms with van der Waals surface area (Å²) in [6.45, 7) is 2.22. The van der Waals surface area contributed by atoms with Crippen molar-refractivity contribution in [1.82, 2.24) is 4.90 Å². The predicted octanol–water partition coefficient (Wildman–Crippen LogP) is 3.72. The van der Waals surface area contributed by atoms with E-state index in [4.69, 9.17) is 9.47 Å². The van der Waals surface area contributed by atoms with E-state index in [9.17, 15) is 4.79 Å². The summed E-state index contributed by atoms with van der Waals surface area (Å²) in [5, 5.41) is 3.38. The van der Waals surface area contributed by atoms with Crippen LogP contribution in [-0.4, -0.2) is 49.6 Å². The smallest absolute Gasteiger partial charge is 0.410 e. The largest absolute Gasteiger partial charge is 0.415 e. The predicted molar refractivity (Wildman–Crippen MR) is 100 cm³/mol. The molecule has 1 amide bonds. The van der Waals surface area contributed by atoms with Crippen LogP contribution in [0.3, 0.4) is 0 Å². The molecule has 2 aromatic carbocycles. The van der Waals surface area contributed by atoms with Gasteiger partial charge in [0, 0.05) is 23.7 Å². The van der Waals surface area contributed by atoms with Crippen molar-refractivity contribution in [3.63, 3.8) is 0 Å². The molecule has 3 rings (SSSR count). The first-order valence-corrected chi connectivity index (χ1v) is 9.48. The molecule has 0 bridgehead atoms. The number of anilines is 1. The number of nitrogens with zero attached hydrogens (tertiary/aromatic N) is 1. The maximum absolute atomic E-state index is 12.3. The lowest BCUT2D eigenvalue weighted by Gasteiger charge is -2.32. The minimum atomic E-state index is -0.330. The zero-order chi connectivity index (χ0) is 17.5. The summed E-state index contributed by atoms with van der Waals surface area (Å²) in [4.78, 5) is 15.2. The van der Waals surface area contributed by atoms with Crippen LogP contribution in [-0.2, 0) is 4.74 Å². The van der Waals surface area contributed by atoms with Gasteiger partial charge in [-0.05, 0) is 36.6 Å². The number of ether oxygens (including phenoxy) is 2. The number of hydrogen-bond donors (Lipinski definition) is 1. The van der Waals surface area contributed by atoms with Crippen LogP contribution in [0.2, 0.25) is 0 Å². The first-order chi connectivity index (χ1) is 12.2. The highest BCUT2D eigenvalue weighted by molar-refractivity contribution is 7.98. The normalized spacial score (nSPS) is 17.2. The van der Waals surface area contributed by atoms with Crippen LogP contribution in [0.15, 0.2) is 59.5 Å². The Hall–Kier alpha value is -2.18. The Labute approximate surface area is 152 Å². The molecule has 1 unspecified atom stereocenters. The van der Waals surface area contributed by atoms with Crippen LogP contribution in [0.25, 0.3) is 0 Å². The second kappa shape index (κ2) is 8.78. The lowest BCUT2D eigenvalue weighted by molar-refractivity contribution is -0.0133. The van der Waals surface area contributed by atoms with Gasteiger partial charge in [0.2, 0.25) is 0 Å². The molecule has 0 saturated carbocycles. The Morgan fingerprint density at radius 2 is 2.12 bits per heavy atom. The molecule has 0 spiro atoms. The highest BCUT2D eigenvalue weighted by Crippen LogP contribution is 2.19. The van der Waals surface area contributed by atoms with E-state index in [1.807, 2.05) is 30.3 Å². The van der Waals surface area contributed by atoms with E-state index in [0.29, 0.717) is 32.0 Å². The van der Waals surface area contributed by atoms with Gasteiger partial charge in [0.1, 0.15) is 5.75 Å². The van der Waals surface area contributed by atoms with Crippen molar-refractivity contribution in [1.29, 1.82) is 0 Å². The molecule has 1 fully saturated rings. The lowest BCUT2D eigenvalue weighted by atomic mass is 10.2. The standard InChI is InChI=1S/C19H22N2O3S/c1-25-18-9-5-6-15(12-18)20-13-17-14-21(10-11-23-17)19(22)24-16-7-3-2-4-8-16/h2-9,12,17,20H,10-11,13-14H2,1H3. The number of nitrogens with one attached hydrogen (secondary N) is 1. The highest BCUT2D eigenvalue weighted by Gasteiger charge is 2.25. The zero-order valence-electron chi connectivity index (χ0n) is 14.2. The molecule has 1 aliphatic heterocycles. The summed E-state index contributed by atoms with van der Waals surface area (Å²) in [7, 11) is 0. The van der Waals surface area contributed by atoms with Gasteiger partial charge in [-0.2, -0.15) is 0 Å². The van der Waals surface area contributed by atoms with Crippen LogP contribution in [0, 0.1) is 0 Å². The maximum atomic E-state index is 12.3. The van der Waals surface area contributed by atoms with Gasteiger partial charge in [-0.3, -0.25) is 0 Å². The average molecular weight is 358 g/mol. The first kappa shape index (κ1) is 17.6. The molecule has 1 heterocycles. The summed E-state index contributed by atoms with van der Waals surface area (Å²) in [5.41, 5.74) is 1.06. The number of hydrogen-bond acceptors (Lipinski definition) is 5. The summed E-state index contributed by atoms with van der Waals surface area (Å²) < 4.78 is 11.2. The fraction of sp³-hybridized carbons (Fsp3) is 0.316. The van der Waals surface area contributed by atoms with Crippen molar-refractivity contribution in [3.05, 3.63) is 54.6 Å². The van der Waals surface area contributed by atoms with Crippen LogP contribution < -0.4 is 10.1 Å². The van der Waals surface area contributed by atoms with Gasteiger partial charge in [0.15, 0.2) is 0 Å². The number of rotatable bonds is 5. The minimum Gasteiger partial charge on any atom is -0.410 e. The van der Waals surface area contributed by atoms with Gasteiger partial charge in [0.05, 0.1) is 19.3 Å². The van der Waals surface area contributed by atoms with E-state index in [1.165, 1.54) is 4.90 Å². The molecule has 1 saturated heterocycles. The second-order valence-electron chi connectivity index (χ2n) is 5.73. The number of morpholine rings is 1. The zero-order valence-corrected chi connectivity index (χ0v) is 15.0. The quantitative estimate of drug-likeness (QED) is 0.826. The summed E-state index contributed by atoms with van der Waals surface area (Å²) in [5.74, 6) is 0.558. The fourth-order valence-electron chi connectivity index (χ4n) is 2.63. The number of carbonyl (C=O) groups excluding carboxylic acids is 1. The molecule has 0 radical (unpaired) electrons. The lowest BCUT2D eigenvalue weighted by Crippen LogP contribution is -2.48. The van der Waals surface area contributed by atoms with E-state index in [-0.39, 0.29) is 12.2 Å². The molecule has 0 aliphatic carbocycles. The number of para-hydroxylation sites is 1. The molecule has 25 heavy (non-hydrogen) atoms. The van der Waals surface area contributed by atoms with Gasteiger partial charge >= 0.3 is 6.09 Å². The third-order valence-electron chi connectivity index (χ3n) is 3.95. The van der Waals surface area contributed by atoms with E-state index in [2.05, 4.69) is 23.7 Å². The van der Waals surface area contributed by atoms with Gasteiger partial charge < -0.3 is 19.7 Å². The first-order valence-electron chi connectivity index (χ1n) is 8.26. The van der Waals surface area contributed by atoms with Crippen molar-refractivity contribution in [2.45, 2.75) is 11.0 Å². The number of thioether (sulfide) groups is 1. The Balaban J connectivity index is 1.51. The van der Waals surface area contributed by atoms with Crippen LogP contribution in [0.1, 0.15) is 0 Å². The van der Waals surface area contributed by atoms with Crippen LogP contribution >= 0.6 is 11.8 Å². The van der Waals surface area contributed by atoms with E-state index in [0.717, 1.165) is 5.69 Å². The van der Waals surface area contributed by atoms with Gasteiger partial charge in [-0.25, -0.2) is 4.79 Å². The SMILES string of the molecule is CSc1cccc(NCC2CN(C(=O)Oc3ccccc3)CCO2)c1. The molecular weight excluding hydrogens is 336 g/mol. The van der Waals surface area contributed by atoms with Crippen LogP contribution in [0.5, 0.6) is 5.75 Å². The number of benzene rings is 2.